The highest BCUT2D eigenvalue weighted by molar-refractivity contribution is 7.91. The Morgan fingerprint density at radius 1 is 0.909 bits per heavy atom. The zero-order valence-corrected chi connectivity index (χ0v) is 19.9. The Hall–Kier alpha value is -2.77. The summed E-state index contributed by atoms with van der Waals surface area (Å²) in [6, 6.07) is 13.8. The van der Waals surface area contributed by atoms with Crippen molar-refractivity contribution in [2.45, 2.75) is 29.1 Å². The Kier molecular flexibility index (Phi) is 6.54. The van der Waals surface area contributed by atoms with Crippen LogP contribution in [-0.4, -0.2) is 47.6 Å². The van der Waals surface area contributed by atoms with Gasteiger partial charge in [-0.25, -0.2) is 17.2 Å². The number of hydrogen-bond donors (Lipinski definition) is 0. The third-order valence-corrected chi connectivity index (χ3v) is 8.02. The van der Waals surface area contributed by atoms with E-state index in [2.05, 4.69) is 11.9 Å². The molecule has 0 amide bonds. The third kappa shape index (κ3) is 4.94. The van der Waals surface area contributed by atoms with Crippen LogP contribution in [0.25, 0.3) is 0 Å². The topological polar surface area (TPSA) is 40.6 Å². The van der Waals surface area contributed by atoms with Crippen LogP contribution in [0.15, 0.2) is 64.4 Å². The second-order valence-corrected chi connectivity index (χ2v) is 10.8. The van der Waals surface area contributed by atoms with Gasteiger partial charge < -0.3 is 9.80 Å². The molecule has 7 heteroatoms. The molecule has 3 aromatic carbocycles. The fourth-order valence-corrected chi connectivity index (χ4v) is 5.78. The van der Waals surface area contributed by atoms with Gasteiger partial charge in [0, 0.05) is 39.7 Å². The van der Waals surface area contributed by atoms with Crippen molar-refractivity contribution in [2.75, 3.05) is 39.1 Å². The van der Waals surface area contributed by atoms with Gasteiger partial charge in [0.05, 0.1) is 15.5 Å². The lowest BCUT2D eigenvalue weighted by Gasteiger charge is -2.21. The van der Waals surface area contributed by atoms with E-state index in [9.17, 15) is 17.2 Å². The van der Waals surface area contributed by atoms with Gasteiger partial charge in [-0.05, 0) is 72.5 Å². The molecule has 0 aliphatic carbocycles. The summed E-state index contributed by atoms with van der Waals surface area (Å²) in [7, 11) is 2.03. The summed E-state index contributed by atoms with van der Waals surface area (Å²) in [4.78, 5) is 4.59. The average Bonchev–Trinajstić information content (AvgIpc) is 2.96. The van der Waals surface area contributed by atoms with Crippen LogP contribution in [0.3, 0.4) is 0 Å². The van der Waals surface area contributed by atoms with Crippen LogP contribution in [0.1, 0.15) is 22.3 Å². The monoisotopic (exact) mass is 470 g/mol. The molecule has 0 atom stereocenters. The number of sulfone groups is 1. The Balaban J connectivity index is 1.68. The van der Waals surface area contributed by atoms with E-state index in [1.165, 1.54) is 17.7 Å². The minimum atomic E-state index is -3.76. The van der Waals surface area contributed by atoms with Crippen molar-refractivity contribution in [1.82, 2.24) is 4.90 Å². The molecular formula is C26H28F2N2O2S. The molecule has 0 unspecified atom stereocenters. The fraction of sp³-hybridized carbons (Fsp3) is 0.308. The summed E-state index contributed by atoms with van der Waals surface area (Å²) in [5.74, 6) is -1.24. The first-order chi connectivity index (χ1) is 15.6. The number of fused-ring (bicyclic) bond motifs is 1. The number of halogens is 2. The van der Waals surface area contributed by atoms with Gasteiger partial charge in [0.25, 0.3) is 0 Å². The molecule has 4 rings (SSSR count). The van der Waals surface area contributed by atoms with Crippen molar-refractivity contribution >= 4 is 15.5 Å². The van der Waals surface area contributed by atoms with Gasteiger partial charge in [-0.2, -0.15) is 0 Å². The van der Waals surface area contributed by atoms with Crippen LogP contribution in [0.5, 0.6) is 0 Å². The normalized spacial score (nSPS) is 14.6. The second-order valence-electron chi connectivity index (χ2n) is 8.85. The molecule has 0 saturated carbocycles. The van der Waals surface area contributed by atoms with Crippen molar-refractivity contribution in [3.05, 3.63) is 88.5 Å². The molecule has 0 saturated heterocycles. The van der Waals surface area contributed by atoms with Gasteiger partial charge in [-0.15, -0.1) is 0 Å². The summed E-state index contributed by atoms with van der Waals surface area (Å²) in [6.45, 7) is 1.84. The van der Waals surface area contributed by atoms with Crippen LogP contribution in [0.4, 0.5) is 14.5 Å². The number of hydrogen-bond acceptors (Lipinski definition) is 4. The van der Waals surface area contributed by atoms with E-state index >= 15 is 0 Å². The van der Waals surface area contributed by atoms with Crippen LogP contribution in [0.2, 0.25) is 0 Å². The lowest BCUT2D eigenvalue weighted by atomic mass is 10.0. The highest BCUT2D eigenvalue weighted by atomic mass is 32.2. The molecule has 33 heavy (non-hydrogen) atoms. The molecular weight excluding hydrogens is 442 g/mol. The number of nitrogens with zero attached hydrogens (tertiary/aromatic N) is 2. The summed E-state index contributed by atoms with van der Waals surface area (Å²) in [5, 5.41) is 0. The quantitative estimate of drug-likeness (QED) is 0.551. The van der Waals surface area contributed by atoms with E-state index in [-0.39, 0.29) is 11.3 Å². The molecule has 0 bridgehead atoms. The molecule has 0 aromatic heterocycles. The molecule has 0 radical (unpaired) electrons. The van der Waals surface area contributed by atoms with Crippen LogP contribution in [-0.2, 0) is 29.1 Å². The first kappa shape index (κ1) is 23.4. The summed E-state index contributed by atoms with van der Waals surface area (Å²) < 4.78 is 54.4. The minimum absolute atomic E-state index is 0.194. The number of anilines is 1. The third-order valence-electron chi connectivity index (χ3n) is 6.22. The maximum atomic E-state index is 14.0. The zero-order valence-electron chi connectivity index (χ0n) is 19.1. The van der Waals surface area contributed by atoms with Crippen molar-refractivity contribution in [1.29, 1.82) is 0 Å². The lowest BCUT2D eigenvalue weighted by molar-refractivity contribution is 0.352. The molecule has 1 heterocycles. The predicted molar refractivity (Wildman–Crippen MR) is 127 cm³/mol. The molecule has 0 spiro atoms. The highest BCUT2D eigenvalue weighted by Gasteiger charge is 2.25. The Morgan fingerprint density at radius 3 is 2.15 bits per heavy atom. The number of benzene rings is 3. The van der Waals surface area contributed by atoms with E-state index in [4.69, 9.17) is 0 Å². The largest absolute Gasteiger partial charge is 0.377 e. The predicted octanol–water partition coefficient (Wildman–Crippen LogP) is 4.48. The van der Waals surface area contributed by atoms with E-state index in [1.54, 1.807) is 24.3 Å². The SMILES string of the molecule is CN1CCc2cc(N(C)C)c(S(=O)(=O)c3ccc(Cc4ccc(F)cc4F)cc3)cc2CC1. The van der Waals surface area contributed by atoms with E-state index < -0.39 is 21.5 Å². The zero-order chi connectivity index (χ0) is 23.8. The molecule has 0 N–H and O–H groups in total. The van der Waals surface area contributed by atoms with Gasteiger partial charge in [-0.3, -0.25) is 0 Å². The van der Waals surface area contributed by atoms with Crippen LogP contribution in [0, 0.1) is 11.6 Å². The van der Waals surface area contributed by atoms with Crippen LogP contribution >= 0.6 is 0 Å². The molecule has 3 aromatic rings. The van der Waals surface area contributed by atoms with E-state index in [0.29, 0.717) is 16.1 Å². The summed E-state index contributed by atoms with van der Waals surface area (Å²) in [6.07, 6.45) is 1.95. The van der Waals surface area contributed by atoms with Crippen molar-refractivity contribution in [3.8, 4) is 0 Å². The maximum absolute atomic E-state index is 14.0. The molecule has 4 nitrogen and oxygen atoms in total. The maximum Gasteiger partial charge on any atom is 0.208 e. The fourth-order valence-electron chi connectivity index (χ4n) is 4.22. The van der Waals surface area contributed by atoms with E-state index in [0.717, 1.165) is 43.1 Å². The standard InChI is InChI=1S/C26H28F2N2O2S/c1-29(2)25-15-19-10-12-30(3)13-11-20(19)16-26(25)33(31,32)23-8-4-18(5-9-23)14-21-6-7-22(27)17-24(21)28/h4-9,15-17H,10-14H2,1-3H3. The second kappa shape index (κ2) is 9.23. The first-order valence-corrected chi connectivity index (χ1v) is 12.4. The van der Waals surface area contributed by atoms with Gasteiger partial charge in [0.2, 0.25) is 9.84 Å². The van der Waals surface area contributed by atoms with Gasteiger partial charge in [0.15, 0.2) is 0 Å². The number of rotatable bonds is 5. The lowest BCUT2D eigenvalue weighted by Crippen LogP contribution is -2.20. The smallest absolute Gasteiger partial charge is 0.208 e. The summed E-state index contributed by atoms with van der Waals surface area (Å²) >= 11 is 0. The Morgan fingerprint density at radius 2 is 1.55 bits per heavy atom. The van der Waals surface area contributed by atoms with Gasteiger partial charge >= 0.3 is 0 Å². The molecule has 174 valence electrons. The number of likely N-dealkylation sites (N-methyl/N-ethyl adjacent to an activating group) is 1. The first-order valence-electron chi connectivity index (χ1n) is 10.9. The van der Waals surface area contributed by atoms with Gasteiger partial charge in [0.1, 0.15) is 11.6 Å². The molecule has 0 fully saturated rings. The van der Waals surface area contributed by atoms with Crippen molar-refractivity contribution < 1.29 is 17.2 Å². The Bertz CT molecular complexity index is 1270. The summed E-state index contributed by atoms with van der Waals surface area (Å²) in [5.41, 5.74) is 4.05. The molecule has 1 aliphatic heterocycles. The van der Waals surface area contributed by atoms with E-state index in [1.807, 2.05) is 31.1 Å². The van der Waals surface area contributed by atoms with Crippen molar-refractivity contribution in [2.24, 2.45) is 0 Å². The Labute approximate surface area is 194 Å². The van der Waals surface area contributed by atoms with Crippen LogP contribution < -0.4 is 4.90 Å². The van der Waals surface area contributed by atoms with Crippen molar-refractivity contribution in [3.63, 3.8) is 0 Å². The average molecular weight is 471 g/mol. The molecule has 1 aliphatic rings. The van der Waals surface area contributed by atoms with Gasteiger partial charge in [-0.1, -0.05) is 18.2 Å². The highest BCUT2D eigenvalue weighted by Crippen LogP contribution is 2.34. The minimum Gasteiger partial charge on any atom is -0.377 e.